The summed E-state index contributed by atoms with van der Waals surface area (Å²) in [6.45, 7) is 3.03. The number of piperazine rings is 1. The van der Waals surface area contributed by atoms with Gasteiger partial charge in [0.15, 0.2) is 0 Å². The normalized spacial score (nSPS) is 17.8. The molecule has 0 atom stereocenters. The van der Waals surface area contributed by atoms with E-state index in [0.29, 0.717) is 57.1 Å². The van der Waals surface area contributed by atoms with Gasteiger partial charge in [0.1, 0.15) is 5.82 Å². The molecule has 0 N–H and O–H groups in total. The fourth-order valence-corrected chi connectivity index (χ4v) is 4.49. The third kappa shape index (κ3) is 6.12. The fourth-order valence-electron chi connectivity index (χ4n) is 4.27. The molecular weight excluding hydrogens is 510 g/mol. The predicted octanol–water partition coefficient (Wildman–Crippen LogP) is 5.21. The van der Waals surface area contributed by atoms with Crippen LogP contribution in [0, 0.1) is 0 Å². The van der Waals surface area contributed by atoms with E-state index >= 15 is 0 Å². The minimum absolute atomic E-state index is 0.0847. The molecule has 1 fully saturated rings. The number of anilines is 1. The van der Waals surface area contributed by atoms with E-state index in [1.54, 1.807) is 17.0 Å². The summed E-state index contributed by atoms with van der Waals surface area (Å²) in [6, 6.07) is 6.17. The number of nitrogens with zero attached hydrogens (tertiary/aromatic N) is 4. The standard InChI is InChI=1S/C24H23ClF6N4O/c25-20-3-1-17(13-19(20)24(29,30)31)16-5-7-35(8-6-16)22(36)15-33-9-11-34(12-10-33)21-4-2-18(14-32-21)23(26,27)28/h1-5,13-14H,6-12,15H2. The number of alkyl halides is 6. The Morgan fingerprint density at radius 3 is 2.22 bits per heavy atom. The van der Waals surface area contributed by atoms with Gasteiger partial charge in [-0.1, -0.05) is 23.7 Å². The lowest BCUT2D eigenvalue weighted by molar-refractivity contribution is -0.138. The minimum atomic E-state index is -4.54. The van der Waals surface area contributed by atoms with E-state index in [4.69, 9.17) is 11.6 Å². The first-order valence-corrected chi connectivity index (χ1v) is 11.6. The third-order valence-electron chi connectivity index (χ3n) is 6.33. The number of hydrogen-bond acceptors (Lipinski definition) is 4. The van der Waals surface area contributed by atoms with Crippen molar-refractivity contribution < 1.29 is 31.1 Å². The molecule has 2 aliphatic rings. The number of benzene rings is 1. The Kier molecular flexibility index (Phi) is 7.51. The molecule has 3 heterocycles. The topological polar surface area (TPSA) is 39.7 Å². The van der Waals surface area contributed by atoms with E-state index in [-0.39, 0.29) is 17.5 Å². The summed E-state index contributed by atoms with van der Waals surface area (Å²) < 4.78 is 77.6. The van der Waals surface area contributed by atoms with Crippen molar-refractivity contribution in [3.8, 4) is 0 Å². The Hall–Kier alpha value is -2.79. The number of halogens is 7. The number of rotatable bonds is 4. The molecule has 36 heavy (non-hydrogen) atoms. The SMILES string of the molecule is O=C(CN1CCN(c2ccc(C(F)(F)F)cn2)CC1)N1CC=C(c2ccc(Cl)c(C(F)(F)F)c2)CC1. The summed E-state index contributed by atoms with van der Waals surface area (Å²) in [5.41, 5.74) is -0.511. The second-order valence-corrected chi connectivity index (χ2v) is 9.08. The quantitative estimate of drug-likeness (QED) is 0.507. The summed E-state index contributed by atoms with van der Waals surface area (Å²) in [5.74, 6) is 0.372. The monoisotopic (exact) mass is 532 g/mol. The van der Waals surface area contributed by atoms with Gasteiger partial charge in [-0.25, -0.2) is 4.98 Å². The molecule has 1 aromatic heterocycles. The molecule has 4 rings (SSSR count). The number of aromatic nitrogens is 1. The lowest BCUT2D eigenvalue weighted by Gasteiger charge is -2.36. The molecule has 2 aliphatic heterocycles. The Morgan fingerprint density at radius 2 is 1.67 bits per heavy atom. The van der Waals surface area contributed by atoms with Crippen LogP contribution >= 0.6 is 11.6 Å². The zero-order valence-electron chi connectivity index (χ0n) is 19.0. The molecule has 0 bridgehead atoms. The molecule has 0 radical (unpaired) electrons. The average Bonchev–Trinajstić information content (AvgIpc) is 2.84. The maximum Gasteiger partial charge on any atom is 0.417 e. The van der Waals surface area contributed by atoms with E-state index in [2.05, 4.69) is 4.98 Å². The highest BCUT2D eigenvalue weighted by Gasteiger charge is 2.34. The summed E-state index contributed by atoms with van der Waals surface area (Å²) in [5, 5.41) is -0.353. The summed E-state index contributed by atoms with van der Waals surface area (Å²) in [7, 11) is 0. The lowest BCUT2D eigenvalue weighted by Crippen LogP contribution is -2.50. The summed E-state index contributed by atoms with van der Waals surface area (Å²) in [6.07, 6.45) is -5.97. The lowest BCUT2D eigenvalue weighted by atomic mass is 9.97. The van der Waals surface area contributed by atoms with E-state index in [9.17, 15) is 31.1 Å². The van der Waals surface area contributed by atoms with Gasteiger partial charge >= 0.3 is 12.4 Å². The number of pyridine rings is 1. The average molecular weight is 533 g/mol. The second kappa shape index (κ2) is 10.3. The van der Waals surface area contributed by atoms with E-state index in [1.807, 2.05) is 9.80 Å². The second-order valence-electron chi connectivity index (χ2n) is 8.68. The van der Waals surface area contributed by atoms with E-state index in [0.717, 1.165) is 23.9 Å². The largest absolute Gasteiger partial charge is 0.417 e. The first-order chi connectivity index (χ1) is 16.9. The number of carbonyl (C=O) groups excluding carboxylic acids is 1. The van der Waals surface area contributed by atoms with Gasteiger partial charge in [0.25, 0.3) is 0 Å². The fraction of sp³-hybridized carbons (Fsp3) is 0.417. The van der Waals surface area contributed by atoms with Gasteiger partial charge in [-0.3, -0.25) is 9.69 Å². The van der Waals surface area contributed by atoms with E-state index in [1.165, 1.54) is 12.1 Å². The number of amides is 1. The maximum atomic E-state index is 13.2. The van der Waals surface area contributed by atoms with Crippen LogP contribution in [0.4, 0.5) is 32.2 Å². The third-order valence-corrected chi connectivity index (χ3v) is 6.66. The van der Waals surface area contributed by atoms with Crippen molar-refractivity contribution >= 4 is 28.9 Å². The predicted molar refractivity (Wildman–Crippen MR) is 124 cm³/mol. The summed E-state index contributed by atoms with van der Waals surface area (Å²) >= 11 is 5.70. The van der Waals surface area contributed by atoms with Crippen molar-refractivity contribution in [1.29, 1.82) is 0 Å². The Balaban J connectivity index is 1.29. The molecule has 194 valence electrons. The van der Waals surface area contributed by atoms with Crippen molar-refractivity contribution in [2.24, 2.45) is 0 Å². The van der Waals surface area contributed by atoms with Crippen LogP contribution in [0.1, 0.15) is 23.1 Å². The minimum Gasteiger partial charge on any atom is -0.354 e. The van der Waals surface area contributed by atoms with Crippen LogP contribution in [0.2, 0.25) is 5.02 Å². The smallest absolute Gasteiger partial charge is 0.354 e. The highest BCUT2D eigenvalue weighted by atomic mass is 35.5. The molecule has 0 spiro atoms. The highest BCUT2D eigenvalue weighted by molar-refractivity contribution is 6.31. The van der Waals surface area contributed by atoms with Gasteiger partial charge in [0.05, 0.1) is 22.7 Å². The molecule has 0 unspecified atom stereocenters. The van der Waals surface area contributed by atoms with Crippen molar-refractivity contribution in [3.05, 3.63) is 64.3 Å². The van der Waals surface area contributed by atoms with Crippen LogP contribution in [0.5, 0.6) is 0 Å². The molecule has 5 nitrogen and oxygen atoms in total. The highest BCUT2D eigenvalue weighted by Crippen LogP contribution is 2.37. The van der Waals surface area contributed by atoms with Crippen LogP contribution in [-0.4, -0.2) is 66.5 Å². The van der Waals surface area contributed by atoms with Crippen molar-refractivity contribution in [3.63, 3.8) is 0 Å². The zero-order valence-corrected chi connectivity index (χ0v) is 19.8. The first-order valence-electron chi connectivity index (χ1n) is 11.3. The Morgan fingerprint density at radius 1 is 0.944 bits per heavy atom. The molecule has 2 aromatic rings. The number of hydrogen-bond donors (Lipinski definition) is 0. The van der Waals surface area contributed by atoms with Gasteiger partial charge in [-0.05, 0) is 41.8 Å². The zero-order chi connectivity index (χ0) is 26.1. The Bertz CT molecular complexity index is 1120. The van der Waals surface area contributed by atoms with Gasteiger partial charge in [-0.15, -0.1) is 0 Å². The Labute approximate surface area is 208 Å². The van der Waals surface area contributed by atoms with Crippen LogP contribution in [0.15, 0.2) is 42.6 Å². The van der Waals surface area contributed by atoms with Crippen molar-refractivity contribution in [1.82, 2.24) is 14.8 Å². The molecule has 1 aromatic carbocycles. The van der Waals surface area contributed by atoms with Crippen molar-refractivity contribution in [2.45, 2.75) is 18.8 Å². The molecule has 1 amide bonds. The summed E-state index contributed by atoms with van der Waals surface area (Å²) in [4.78, 5) is 22.2. The molecule has 12 heteroatoms. The number of carbonyl (C=O) groups is 1. The van der Waals surface area contributed by atoms with E-state index < -0.39 is 23.5 Å². The van der Waals surface area contributed by atoms with Gasteiger partial charge in [-0.2, -0.15) is 26.3 Å². The van der Waals surface area contributed by atoms with Crippen molar-refractivity contribution in [2.75, 3.05) is 50.7 Å². The first kappa shape index (κ1) is 26.3. The van der Waals surface area contributed by atoms with Crippen LogP contribution in [-0.2, 0) is 17.1 Å². The van der Waals surface area contributed by atoms with Crippen LogP contribution in [0.25, 0.3) is 5.57 Å². The van der Waals surface area contributed by atoms with Crippen LogP contribution < -0.4 is 4.90 Å². The van der Waals surface area contributed by atoms with Gasteiger partial charge in [0, 0.05) is 45.5 Å². The molecular formula is C24H23ClF6N4O. The van der Waals surface area contributed by atoms with Gasteiger partial charge in [0.2, 0.25) is 5.91 Å². The molecule has 0 saturated carbocycles. The van der Waals surface area contributed by atoms with Crippen LogP contribution in [0.3, 0.4) is 0 Å². The molecule has 0 aliphatic carbocycles. The maximum absolute atomic E-state index is 13.2. The molecule has 1 saturated heterocycles. The van der Waals surface area contributed by atoms with Gasteiger partial charge < -0.3 is 9.80 Å².